The van der Waals surface area contributed by atoms with Gasteiger partial charge in [-0.1, -0.05) is 18.2 Å². The Hall–Kier alpha value is -5.87. The van der Waals surface area contributed by atoms with Crippen molar-refractivity contribution in [3.63, 3.8) is 0 Å². The van der Waals surface area contributed by atoms with Crippen molar-refractivity contribution < 1.29 is 14.7 Å². The van der Waals surface area contributed by atoms with E-state index in [0.717, 1.165) is 99.9 Å². The van der Waals surface area contributed by atoms with Crippen LogP contribution in [0.25, 0.3) is 22.3 Å². The fourth-order valence-corrected chi connectivity index (χ4v) is 8.97. The first kappa shape index (κ1) is 35.8. The third-order valence-electron chi connectivity index (χ3n) is 12.0. The number of hydrogen-bond donors (Lipinski definition) is 3. The van der Waals surface area contributed by atoms with E-state index in [1.165, 1.54) is 4.57 Å². The Balaban J connectivity index is 0.776. The molecule has 3 aromatic heterocycles. The Bertz CT molecular complexity index is 2340. The molecule has 0 spiro atoms. The first-order valence-corrected chi connectivity index (χ1v) is 19.4. The Kier molecular flexibility index (Phi) is 9.37. The molecule has 4 N–H and O–H groups in total. The second kappa shape index (κ2) is 14.7. The number of phenols is 1. The number of nitrogens with two attached hydrogens (primary N) is 1. The number of benzene rings is 2. The van der Waals surface area contributed by atoms with Gasteiger partial charge < -0.3 is 25.5 Å². The molecule has 4 fully saturated rings. The van der Waals surface area contributed by atoms with Gasteiger partial charge in [-0.2, -0.15) is 0 Å². The number of aromatic nitrogens is 6. The number of fused-ring (bicyclic) bond motifs is 3. The van der Waals surface area contributed by atoms with E-state index in [0.29, 0.717) is 29.0 Å². The second-order valence-corrected chi connectivity index (χ2v) is 15.5. The fraction of sp³-hybridized carbons (Fsp3) is 0.425. The Morgan fingerprint density at radius 3 is 2.32 bits per heavy atom. The topological polar surface area (TPSA) is 184 Å². The zero-order chi connectivity index (χ0) is 38.5. The van der Waals surface area contributed by atoms with Crippen molar-refractivity contribution in [3.05, 3.63) is 82.5 Å². The van der Waals surface area contributed by atoms with Crippen LogP contribution in [0.15, 0.2) is 65.7 Å². The first-order chi connectivity index (χ1) is 27.2. The minimum absolute atomic E-state index is 0.159. The highest BCUT2D eigenvalue weighted by atomic mass is 16.3. The number of imidazole rings is 1. The number of amides is 2. The fourth-order valence-electron chi connectivity index (χ4n) is 8.97. The third kappa shape index (κ3) is 6.72. The van der Waals surface area contributed by atoms with Gasteiger partial charge in [0.25, 0.3) is 0 Å². The smallest absolute Gasteiger partial charge is 0.329 e. The van der Waals surface area contributed by atoms with Crippen molar-refractivity contribution in [1.82, 2.24) is 44.4 Å². The molecule has 0 saturated carbocycles. The highest BCUT2D eigenvalue weighted by molar-refractivity contribution is 6.00. The van der Waals surface area contributed by atoms with E-state index in [1.807, 2.05) is 48.8 Å². The summed E-state index contributed by atoms with van der Waals surface area (Å²) < 4.78 is 3.12. The van der Waals surface area contributed by atoms with Crippen LogP contribution in [0.1, 0.15) is 42.9 Å². The van der Waals surface area contributed by atoms with Gasteiger partial charge in [0.1, 0.15) is 11.8 Å². The number of phenolic OH excluding ortho intramolecular Hbond substituents is 1. The minimum Gasteiger partial charge on any atom is -0.507 e. The molecule has 9 rings (SSSR count). The number of aryl methyl sites for hydroxylation is 1. The predicted molar refractivity (Wildman–Crippen MR) is 211 cm³/mol. The van der Waals surface area contributed by atoms with Crippen LogP contribution in [0.2, 0.25) is 0 Å². The molecule has 0 aliphatic carbocycles. The Morgan fingerprint density at radius 2 is 1.59 bits per heavy atom. The van der Waals surface area contributed by atoms with E-state index < -0.39 is 11.9 Å². The van der Waals surface area contributed by atoms with E-state index in [9.17, 15) is 19.5 Å². The highest BCUT2D eigenvalue weighted by Crippen LogP contribution is 2.38. The molecule has 16 nitrogen and oxygen atoms in total. The molecule has 2 aromatic carbocycles. The summed E-state index contributed by atoms with van der Waals surface area (Å²) in [5.41, 5.74) is 11.9. The van der Waals surface area contributed by atoms with Gasteiger partial charge in [-0.25, -0.2) is 14.8 Å². The maximum atomic E-state index is 13.2. The summed E-state index contributed by atoms with van der Waals surface area (Å²) >= 11 is 0. The summed E-state index contributed by atoms with van der Waals surface area (Å²) in [4.78, 5) is 56.7. The Morgan fingerprint density at radius 1 is 0.857 bits per heavy atom. The van der Waals surface area contributed by atoms with Crippen molar-refractivity contribution in [2.45, 2.75) is 56.8 Å². The molecule has 3 atom stereocenters. The van der Waals surface area contributed by atoms with E-state index >= 15 is 0 Å². The van der Waals surface area contributed by atoms with Crippen LogP contribution in [-0.2, 0) is 29.6 Å². The van der Waals surface area contributed by atoms with Crippen molar-refractivity contribution in [3.8, 4) is 17.0 Å². The highest BCUT2D eigenvalue weighted by Gasteiger charge is 2.42. The van der Waals surface area contributed by atoms with Crippen molar-refractivity contribution in [1.29, 1.82) is 0 Å². The van der Waals surface area contributed by atoms with Crippen LogP contribution in [0.4, 0.5) is 17.5 Å². The van der Waals surface area contributed by atoms with Crippen LogP contribution < -0.4 is 26.5 Å². The van der Waals surface area contributed by atoms with Gasteiger partial charge in [-0.15, -0.1) is 10.2 Å². The monoisotopic (exact) mass is 758 g/mol. The number of carbonyl (C=O) groups is 2. The molecule has 2 bridgehead atoms. The summed E-state index contributed by atoms with van der Waals surface area (Å²) in [7, 11) is 1.73. The number of anilines is 3. The number of aromatic hydroxyl groups is 1. The zero-order valence-electron chi connectivity index (χ0n) is 31.4. The SMILES string of the molecule is Cn1c(=O)n(C2CCC(=O)NC2=O)c2ccc(CCN3CCN(Cc4cnc(N5C6CCC5CN(c5cc(-c7ccccc7O)nnc5N)C6)nc4)CC3)cc21. The number of nitrogens with zero attached hydrogens (tertiary/aromatic N) is 10. The van der Waals surface area contributed by atoms with Gasteiger partial charge in [0.15, 0.2) is 5.82 Å². The number of rotatable bonds is 9. The summed E-state index contributed by atoms with van der Waals surface area (Å²) in [5, 5.41) is 21.3. The average Bonchev–Trinajstić information content (AvgIpc) is 3.61. The average molecular weight is 759 g/mol. The molecule has 4 aliphatic heterocycles. The van der Waals surface area contributed by atoms with Gasteiger partial charge in [0.2, 0.25) is 17.8 Å². The lowest BCUT2D eigenvalue weighted by molar-refractivity contribution is -0.135. The number of nitrogens with one attached hydrogen (secondary N) is 1. The molecular formula is C40H46N12O4. The molecular weight excluding hydrogens is 713 g/mol. The van der Waals surface area contributed by atoms with E-state index in [-0.39, 0.29) is 35.9 Å². The van der Waals surface area contributed by atoms with Crippen molar-refractivity contribution in [2.24, 2.45) is 7.05 Å². The largest absolute Gasteiger partial charge is 0.507 e. The van der Waals surface area contributed by atoms with E-state index in [4.69, 9.17) is 15.7 Å². The summed E-state index contributed by atoms with van der Waals surface area (Å²) in [6, 6.07) is 14.9. The van der Waals surface area contributed by atoms with Gasteiger partial charge in [0.05, 0.1) is 22.4 Å². The molecule has 4 aliphatic rings. The number of piperazine rings is 2. The van der Waals surface area contributed by atoms with Crippen LogP contribution in [-0.4, -0.2) is 114 Å². The predicted octanol–water partition coefficient (Wildman–Crippen LogP) is 2.07. The number of imide groups is 1. The summed E-state index contributed by atoms with van der Waals surface area (Å²) in [5.74, 6) is 0.591. The molecule has 7 heterocycles. The van der Waals surface area contributed by atoms with E-state index in [2.05, 4.69) is 35.1 Å². The lowest BCUT2D eigenvalue weighted by atomic mass is 10.1. The Labute approximate surface area is 323 Å². The third-order valence-corrected chi connectivity index (χ3v) is 12.0. The number of piperidine rings is 1. The van der Waals surface area contributed by atoms with Crippen LogP contribution in [0.5, 0.6) is 5.75 Å². The van der Waals surface area contributed by atoms with Gasteiger partial charge in [0, 0.05) is 101 Å². The van der Waals surface area contributed by atoms with Crippen molar-refractivity contribution in [2.75, 3.05) is 61.3 Å². The van der Waals surface area contributed by atoms with Gasteiger partial charge in [-0.05, 0) is 61.6 Å². The molecule has 0 radical (unpaired) electrons. The lowest BCUT2D eigenvalue weighted by Crippen LogP contribution is -2.54. The lowest BCUT2D eigenvalue weighted by Gasteiger charge is -2.42. The molecule has 290 valence electrons. The maximum Gasteiger partial charge on any atom is 0.329 e. The molecule has 5 aromatic rings. The summed E-state index contributed by atoms with van der Waals surface area (Å²) in [6.07, 6.45) is 7.44. The number of hydrogen-bond acceptors (Lipinski definition) is 13. The summed E-state index contributed by atoms with van der Waals surface area (Å²) in [6.45, 7) is 7.09. The molecule has 2 amide bonds. The maximum absolute atomic E-state index is 13.2. The number of carbonyl (C=O) groups excluding carboxylic acids is 2. The molecule has 56 heavy (non-hydrogen) atoms. The van der Waals surface area contributed by atoms with E-state index in [1.54, 1.807) is 23.7 Å². The van der Waals surface area contributed by atoms with Gasteiger partial charge >= 0.3 is 5.69 Å². The quantitative estimate of drug-likeness (QED) is 0.186. The van der Waals surface area contributed by atoms with Crippen LogP contribution >= 0.6 is 0 Å². The number of nitrogen functional groups attached to an aromatic ring is 1. The standard InChI is InChI=1S/C40H46N12O4/c1-47-33-18-25(6-9-31(33)52(40(47)56)32-10-11-36(54)44-38(32)55)12-13-48-14-16-49(17-15-48)22-26-20-42-39(43-21-26)51-27-7-8-28(51)24-50(23-27)34-19-30(45-46-37(34)41)29-4-2-3-5-35(29)53/h2-6,9,18-21,27-28,32,53H,7-8,10-17,22-24H2,1H3,(H2,41,46)(H,44,54,55). The van der Waals surface area contributed by atoms with Gasteiger partial charge in [-0.3, -0.25) is 28.9 Å². The normalized spacial score (nSPS) is 21.9. The molecule has 3 unspecified atom stereocenters. The van der Waals surface area contributed by atoms with Crippen LogP contribution in [0.3, 0.4) is 0 Å². The zero-order valence-corrected chi connectivity index (χ0v) is 31.4. The second-order valence-electron chi connectivity index (χ2n) is 15.5. The van der Waals surface area contributed by atoms with Crippen LogP contribution in [0, 0.1) is 0 Å². The first-order valence-electron chi connectivity index (χ1n) is 19.4. The number of para-hydroxylation sites is 1. The minimum atomic E-state index is -0.683. The molecule has 4 saturated heterocycles. The molecule has 16 heteroatoms. The van der Waals surface area contributed by atoms with Crippen molar-refractivity contribution >= 4 is 40.3 Å².